The van der Waals surface area contributed by atoms with Crippen molar-refractivity contribution in [3.8, 4) is 0 Å². The van der Waals surface area contributed by atoms with E-state index in [1.165, 1.54) is 0 Å². The molecule has 0 unspecified atom stereocenters. The van der Waals surface area contributed by atoms with E-state index in [0.717, 1.165) is 0 Å². The number of nitrogens with two attached hydrogens (primary N) is 5. The molecule has 0 saturated heterocycles. The Bertz CT molecular complexity index is 793. The van der Waals surface area contributed by atoms with E-state index in [1.807, 2.05) is 4.98 Å². The van der Waals surface area contributed by atoms with E-state index in [0.29, 0.717) is 0 Å². The van der Waals surface area contributed by atoms with Crippen molar-refractivity contribution in [3.63, 3.8) is 0 Å². The number of aromatic nitrogens is 4. The van der Waals surface area contributed by atoms with Crippen LogP contribution in [0.15, 0.2) is 14.4 Å². The van der Waals surface area contributed by atoms with Gasteiger partial charge in [0.05, 0.1) is 0 Å². The molecule has 116 valence electrons. The van der Waals surface area contributed by atoms with Crippen molar-refractivity contribution >= 4 is 41.4 Å². The van der Waals surface area contributed by atoms with Gasteiger partial charge in [-0.15, -0.1) is 12.4 Å². The van der Waals surface area contributed by atoms with Crippen LogP contribution < -0.4 is 45.5 Å². The minimum Gasteiger partial charge on any atom is -0.391 e. The Hall–Kier alpha value is -3.15. The third-order valence-electron chi connectivity index (χ3n) is 2.01. The molecule has 2 aromatic rings. The number of hydrogen-bond donors (Lipinski definition) is 8. The van der Waals surface area contributed by atoms with Crippen molar-refractivity contribution in [1.82, 2.24) is 19.9 Å². The maximum Gasteiger partial charge on any atom is 0.327 e. The molecule has 0 spiro atoms. The van der Waals surface area contributed by atoms with Gasteiger partial charge >= 0.3 is 5.69 Å². The van der Waals surface area contributed by atoms with E-state index in [1.54, 1.807) is 0 Å². The molecule has 13 N–H and O–H groups in total. The van der Waals surface area contributed by atoms with E-state index in [2.05, 4.69) is 15.0 Å². The highest BCUT2D eigenvalue weighted by atomic mass is 35.5. The average Bonchev–Trinajstić information content (AvgIpc) is 2.33. The Kier molecular flexibility index (Phi) is 5.83. The lowest BCUT2D eigenvalue weighted by molar-refractivity contribution is 1.05. The molecule has 0 radical (unpaired) electrons. The quantitative estimate of drug-likeness (QED) is 0.249. The van der Waals surface area contributed by atoms with Gasteiger partial charge in [-0.05, 0) is 0 Å². The average molecular weight is 320 g/mol. The van der Waals surface area contributed by atoms with E-state index in [9.17, 15) is 14.4 Å². The maximum atomic E-state index is 10.7. The van der Waals surface area contributed by atoms with Crippen molar-refractivity contribution in [2.24, 2.45) is 0 Å². The Morgan fingerprint density at radius 3 is 1.76 bits per heavy atom. The molecule has 0 aromatic carbocycles. The fraction of sp³-hybridized carbons (Fsp3) is 0. The summed E-state index contributed by atoms with van der Waals surface area (Å²) in [6, 6.07) is 0. The van der Waals surface area contributed by atoms with E-state index < -0.39 is 16.8 Å². The number of nitrogens with one attached hydrogen (secondary N) is 3. The summed E-state index contributed by atoms with van der Waals surface area (Å²) in [4.78, 5) is 41.4. The Morgan fingerprint density at radius 1 is 0.762 bits per heavy atom. The number of rotatable bonds is 0. The van der Waals surface area contributed by atoms with Crippen molar-refractivity contribution in [2.45, 2.75) is 0 Å². The first-order valence-electron chi connectivity index (χ1n) is 5.00. The van der Waals surface area contributed by atoms with Crippen LogP contribution in [0.1, 0.15) is 0 Å². The zero-order valence-corrected chi connectivity index (χ0v) is 11.3. The number of anilines is 5. The summed E-state index contributed by atoms with van der Waals surface area (Å²) in [7, 11) is 0. The third-order valence-corrected chi connectivity index (χ3v) is 2.01. The number of aromatic amines is 3. The number of nitrogens with zero attached hydrogens (tertiary/aromatic N) is 1. The van der Waals surface area contributed by atoms with Gasteiger partial charge in [0.1, 0.15) is 17.2 Å². The molecule has 0 amide bonds. The second-order valence-electron chi connectivity index (χ2n) is 3.49. The maximum absolute atomic E-state index is 10.7. The normalized spacial score (nSPS) is 9.14. The third kappa shape index (κ3) is 4.46. The lowest BCUT2D eigenvalue weighted by atomic mass is 10.5. The first kappa shape index (κ1) is 17.8. The molecule has 0 aliphatic heterocycles. The summed E-state index contributed by atoms with van der Waals surface area (Å²) < 4.78 is 0. The fourth-order valence-corrected chi connectivity index (χ4v) is 1.03. The van der Waals surface area contributed by atoms with Gasteiger partial charge in [0.15, 0.2) is 5.82 Å². The molecule has 12 nitrogen and oxygen atoms in total. The number of nitrogen functional groups attached to an aromatic ring is 5. The highest BCUT2D eigenvalue weighted by Gasteiger charge is 2.00. The molecular formula is C8H14ClN9O3. The van der Waals surface area contributed by atoms with Gasteiger partial charge in [-0.2, -0.15) is 4.98 Å². The highest BCUT2D eigenvalue weighted by molar-refractivity contribution is 5.85. The van der Waals surface area contributed by atoms with Crippen LogP contribution in [0, 0.1) is 0 Å². The first-order chi connectivity index (χ1) is 9.22. The predicted octanol–water partition coefficient (Wildman–Crippen LogP) is -2.83. The van der Waals surface area contributed by atoms with E-state index in [4.69, 9.17) is 28.7 Å². The van der Waals surface area contributed by atoms with Crippen LogP contribution in [-0.4, -0.2) is 19.9 Å². The van der Waals surface area contributed by atoms with E-state index in [-0.39, 0.29) is 41.4 Å². The summed E-state index contributed by atoms with van der Waals surface area (Å²) in [6.07, 6.45) is 0. The topological polar surface area (TPSA) is 242 Å². The summed E-state index contributed by atoms with van der Waals surface area (Å²) in [5, 5.41) is 0. The Morgan fingerprint density at radius 2 is 1.29 bits per heavy atom. The van der Waals surface area contributed by atoms with Gasteiger partial charge in [-0.1, -0.05) is 0 Å². The van der Waals surface area contributed by atoms with Crippen molar-refractivity contribution in [1.29, 1.82) is 0 Å². The molecule has 0 aliphatic carbocycles. The SMILES string of the molecule is Cl.Nc1[nH]c(=O)[nH]c(=O)c1N.Nc1nc(N)c(N)c(=O)[nH]1. The number of H-pyrrole nitrogens is 3. The van der Waals surface area contributed by atoms with Crippen LogP contribution in [0.4, 0.5) is 29.0 Å². The van der Waals surface area contributed by atoms with Crippen LogP contribution in [-0.2, 0) is 0 Å². The van der Waals surface area contributed by atoms with Crippen molar-refractivity contribution < 1.29 is 0 Å². The molecule has 0 fully saturated rings. The van der Waals surface area contributed by atoms with E-state index >= 15 is 0 Å². The van der Waals surface area contributed by atoms with Crippen molar-refractivity contribution in [2.75, 3.05) is 28.7 Å². The molecule has 0 bridgehead atoms. The fourth-order valence-electron chi connectivity index (χ4n) is 1.03. The number of halogens is 1. The van der Waals surface area contributed by atoms with Crippen LogP contribution in [0.3, 0.4) is 0 Å². The minimum atomic E-state index is -0.666. The lowest BCUT2D eigenvalue weighted by Gasteiger charge is -1.96. The summed E-state index contributed by atoms with van der Waals surface area (Å²) in [5.74, 6) is -0.174. The first-order valence-corrected chi connectivity index (χ1v) is 5.00. The zero-order valence-electron chi connectivity index (χ0n) is 10.5. The zero-order chi connectivity index (χ0) is 15.4. The smallest absolute Gasteiger partial charge is 0.327 e. The van der Waals surface area contributed by atoms with Gasteiger partial charge in [0.25, 0.3) is 11.1 Å². The second-order valence-corrected chi connectivity index (χ2v) is 3.49. The predicted molar refractivity (Wildman–Crippen MR) is 81.9 cm³/mol. The van der Waals surface area contributed by atoms with Gasteiger partial charge in [-0.3, -0.25) is 24.5 Å². The summed E-state index contributed by atoms with van der Waals surface area (Å²) in [5.41, 5.74) is 23.6. The molecule has 0 saturated carbocycles. The van der Waals surface area contributed by atoms with Gasteiger partial charge in [0, 0.05) is 0 Å². The second kappa shape index (κ2) is 6.85. The Balaban J connectivity index is 0.000000364. The molecular weight excluding hydrogens is 306 g/mol. The van der Waals surface area contributed by atoms with Crippen molar-refractivity contribution in [3.05, 3.63) is 31.2 Å². The monoisotopic (exact) mass is 319 g/mol. The largest absolute Gasteiger partial charge is 0.391 e. The number of hydrogen-bond acceptors (Lipinski definition) is 9. The molecule has 13 heteroatoms. The lowest BCUT2D eigenvalue weighted by Crippen LogP contribution is -2.26. The Labute approximate surface area is 122 Å². The molecule has 0 aliphatic rings. The van der Waals surface area contributed by atoms with Crippen LogP contribution in [0.25, 0.3) is 0 Å². The van der Waals surface area contributed by atoms with Gasteiger partial charge in [0.2, 0.25) is 5.95 Å². The highest BCUT2D eigenvalue weighted by Crippen LogP contribution is 2.02. The molecule has 21 heavy (non-hydrogen) atoms. The molecule has 2 heterocycles. The standard InChI is InChI=1S/C4H7N5O.C4H6N4O2.ClH/c5-1-2(6)8-4(7)9-3(1)10;5-1-2(6)7-4(10)8-3(1)9;/h5H2,(H5,6,7,8,9,10);5H2,(H4,6,7,8,9,10);1H. The van der Waals surface area contributed by atoms with Crippen LogP contribution in [0.2, 0.25) is 0 Å². The molecule has 2 aromatic heterocycles. The van der Waals surface area contributed by atoms with Gasteiger partial charge in [-0.25, -0.2) is 4.79 Å². The molecule has 2 rings (SSSR count). The van der Waals surface area contributed by atoms with Gasteiger partial charge < -0.3 is 28.7 Å². The minimum absolute atomic E-state index is 0. The van der Waals surface area contributed by atoms with Crippen LogP contribution >= 0.6 is 12.4 Å². The summed E-state index contributed by atoms with van der Waals surface area (Å²) >= 11 is 0. The summed E-state index contributed by atoms with van der Waals surface area (Å²) in [6.45, 7) is 0. The van der Waals surface area contributed by atoms with Crippen LogP contribution in [0.5, 0.6) is 0 Å². The molecule has 0 atom stereocenters.